The Balaban J connectivity index is 1.99. The second kappa shape index (κ2) is 5.61. The molecule has 0 aliphatic heterocycles. The molecule has 1 aliphatic rings. The van der Waals surface area contributed by atoms with E-state index in [-0.39, 0.29) is 11.9 Å². The lowest BCUT2D eigenvalue weighted by Crippen LogP contribution is -2.48. The van der Waals surface area contributed by atoms with E-state index in [9.17, 15) is 4.79 Å². The van der Waals surface area contributed by atoms with Gasteiger partial charge in [0.15, 0.2) is 0 Å². The van der Waals surface area contributed by atoms with Gasteiger partial charge in [-0.25, -0.2) is 0 Å². The molecule has 0 heterocycles. The molecule has 1 fully saturated rings. The van der Waals surface area contributed by atoms with Gasteiger partial charge in [0.2, 0.25) is 5.91 Å². The summed E-state index contributed by atoms with van der Waals surface area (Å²) in [5.41, 5.74) is 8.26. The lowest BCUT2D eigenvalue weighted by molar-refractivity contribution is -0.121. The number of rotatable bonds is 4. The number of amides is 1. The summed E-state index contributed by atoms with van der Waals surface area (Å²) in [7, 11) is 2.03. The van der Waals surface area contributed by atoms with Crippen molar-refractivity contribution in [1.82, 2.24) is 4.90 Å². The molecule has 0 bridgehead atoms. The zero-order valence-electron chi connectivity index (χ0n) is 11.9. The number of nitrogens with two attached hydrogens (primary N) is 1. The van der Waals surface area contributed by atoms with Crippen molar-refractivity contribution in [1.29, 1.82) is 0 Å². The molecule has 1 aromatic rings. The summed E-state index contributed by atoms with van der Waals surface area (Å²) in [6, 6.07) is 5.99. The summed E-state index contributed by atoms with van der Waals surface area (Å²) >= 11 is 0. The van der Waals surface area contributed by atoms with Crippen LogP contribution in [-0.4, -0.2) is 29.9 Å². The average Bonchev–Trinajstić information content (AvgIpc) is 2.29. The van der Waals surface area contributed by atoms with Gasteiger partial charge < -0.3 is 11.1 Å². The van der Waals surface area contributed by atoms with Gasteiger partial charge in [-0.1, -0.05) is 6.42 Å². The summed E-state index contributed by atoms with van der Waals surface area (Å²) < 4.78 is 0. The number of hydrogen-bond donors (Lipinski definition) is 2. The van der Waals surface area contributed by atoms with Crippen molar-refractivity contribution in [2.24, 2.45) is 0 Å². The van der Waals surface area contributed by atoms with Crippen molar-refractivity contribution < 1.29 is 4.79 Å². The van der Waals surface area contributed by atoms with Gasteiger partial charge in [-0.15, -0.1) is 0 Å². The molecule has 0 radical (unpaired) electrons. The molecule has 104 valence electrons. The predicted octanol–water partition coefficient (Wildman–Crippen LogP) is 2.39. The summed E-state index contributed by atoms with van der Waals surface area (Å²) in [6.07, 6.45) is 3.68. The molecule has 3 N–H and O–H groups in total. The first kappa shape index (κ1) is 13.9. The third kappa shape index (κ3) is 3.07. The van der Waals surface area contributed by atoms with Gasteiger partial charge in [0, 0.05) is 17.4 Å². The third-order valence-corrected chi connectivity index (χ3v) is 4.15. The van der Waals surface area contributed by atoms with Gasteiger partial charge in [0.25, 0.3) is 0 Å². The van der Waals surface area contributed by atoms with E-state index in [0.717, 1.165) is 16.9 Å². The SMILES string of the molecule is Cc1cc(N)ccc1NC(=O)C(C)N(C)C1CCC1. The molecule has 1 atom stereocenters. The first-order valence-electron chi connectivity index (χ1n) is 6.88. The molecular weight excluding hydrogens is 238 g/mol. The van der Waals surface area contributed by atoms with Gasteiger partial charge in [-0.05, 0) is 57.5 Å². The predicted molar refractivity (Wildman–Crippen MR) is 79.1 cm³/mol. The van der Waals surface area contributed by atoms with Crippen molar-refractivity contribution in [2.45, 2.75) is 45.2 Å². The molecule has 1 aromatic carbocycles. The molecule has 1 unspecified atom stereocenters. The van der Waals surface area contributed by atoms with Gasteiger partial charge in [0.1, 0.15) is 0 Å². The molecule has 0 spiro atoms. The number of carbonyl (C=O) groups excluding carboxylic acids is 1. The maximum Gasteiger partial charge on any atom is 0.241 e. The van der Waals surface area contributed by atoms with Crippen molar-refractivity contribution in [3.63, 3.8) is 0 Å². The fraction of sp³-hybridized carbons (Fsp3) is 0.533. The minimum atomic E-state index is -0.109. The lowest BCUT2D eigenvalue weighted by Gasteiger charge is -2.37. The molecule has 1 aliphatic carbocycles. The zero-order chi connectivity index (χ0) is 14.0. The molecule has 0 aromatic heterocycles. The minimum Gasteiger partial charge on any atom is -0.399 e. The highest BCUT2D eigenvalue weighted by atomic mass is 16.2. The van der Waals surface area contributed by atoms with Crippen LogP contribution >= 0.6 is 0 Å². The first-order valence-corrected chi connectivity index (χ1v) is 6.88. The second-order valence-corrected chi connectivity index (χ2v) is 5.49. The quantitative estimate of drug-likeness (QED) is 0.818. The van der Waals surface area contributed by atoms with E-state index in [2.05, 4.69) is 10.2 Å². The van der Waals surface area contributed by atoms with Crippen LogP contribution < -0.4 is 11.1 Å². The first-order chi connectivity index (χ1) is 8.99. The highest BCUT2D eigenvalue weighted by Gasteiger charge is 2.28. The number of hydrogen-bond acceptors (Lipinski definition) is 3. The second-order valence-electron chi connectivity index (χ2n) is 5.49. The highest BCUT2D eigenvalue weighted by molar-refractivity contribution is 5.95. The van der Waals surface area contributed by atoms with Crippen molar-refractivity contribution in [3.8, 4) is 0 Å². The van der Waals surface area contributed by atoms with E-state index >= 15 is 0 Å². The van der Waals surface area contributed by atoms with Crippen LogP contribution in [0.5, 0.6) is 0 Å². The van der Waals surface area contributed by atoms with Crippen LogP contribution in [0.25, 0.3) is 0 Å². The maximum absolute atomic E-state index is 12.3. The van der Waals surface area contributed by atoms with Gasteiger partial charge in [-0.2, -0.15) is 0 Å². The Morgan fingerprint density at radius 1 is 1.47 bits per heavy atom. The smallest absolute Gasteiger partial charge is 0.241 e. The highest BCUT2D eigenvalue weighted by Crippen LogP contribution is 2.25. The number of carbonyl (C=O) groups is 1. The van der Waals surface area contributed by atoms with Crippen molar-refractivity contribution in [2.75, 3.05) is 18.1 Å². The van der Waals surface area contributed by atoms with Gasteiger partial charge in [0.05, 0.1) is 6.04 Å². The minimum absolute atomic E-state index is 0.0438. The Labute approximate surface area is 115 Å². The lowest BCUT2D eigenvalue weighted by atomic mass is 9.91. The van der Waals surface area contributed by atoms with Gasteiger partial charge in [-0.3, -0.25) is 9.69 Å². The molecule has 4 nitrogen and oxygen atoms in total. The summed E-state index contributed by atoms with van der Waals surface area (Å²) in [5.74, 6) is 0.0438. The van der Waals surface area contributed by atoms with Crippen molar-refractivity contribution in [3.05, 3.63) is 23.8 Å². The third-order valence-electron chi connectivity index (χ3n) is 4.15. The molecule has 19 heavy (non-hydrogen) atoms. The fourth-order valence-electron chi connectivity index (χ4n) is 2.36. The van der Waals surface area contributed by atoms with Crippen LogP contribution in [-0.2, 0) is 4.79 Å². The Morgan fingerprint density at radius 2 is 2.16 bits per heavy atom. The Morgan fingerprint density at radius 3 is 2.68 bits per heavy atom. The number of nitrogen functional groups attached to an aromatic ring is 1. The number of nitrogens with one attached hydrogen (secondary N) is 1. The topological polar surface area (TPSA) is 58.4 Å². The van der Waals surface area contributed by atoms with E-state index < -0.39 is 0 Å². The summed E-state index contributed by atoms with van der Waals surface area (Å²) in [6.45, 7) is 3.91. The van der Waals surface area contributed by atoms with E-state index in [1.54, 1.807) is 0 Å². The average molecular weight is 261 g/mol. The largest absolute Gasteiger partial charge is 0.399 e. The van der Waals surface area contributed by atoms with Gasteiger partial charge >= 0.3 is 0 Å². The van der Waals surface area contributed by atoms with E-state index in [4.69, 9.17) is 5.73 Å². The maximum atomic E-state index is 12.3. The number of anilines is 2. The molecular formula is C15H23N3O. The van der Waals surface area contributed by atoms with E-state index in [1.165, 1.54) is 19.3 Å². The molecule has 1 amide bonds. The number of nitrogens with zero attached hydrogens (tertiary/aromatic N) is 1. The zero-order valence-corrected chi connectivity index (χ0v) is 11.9. The molecule has 1 saturated carbocycles. The van der Waals surface area contributed by atoms with E-state index in [0.29, 0.717) is 6.04 Å². The number of benzene rings is 1. The molecule has 2 rings (SSSR count). The normalized spacial score (nSPS) is 17.1. The van der Waals surface area contributed by atoms with Crippen LogP contribution in [0.3, 0.4) is 0 Å². The Hall–Kier alpha value is -1.55. The van der Waals surface area contributed by atoms with Crippen LogP contribution in [0.15, 0.2) is 18.2 Å². The summed E-state index contributed by atoms with van der Waals surface area (Å²) in [5, 5.41) is 2.98. The van der Waals surface area contributed by atoms with Crippen LogP contribution in [0.2, 0.25) is 0 Å². The summed E-state index contributed by atoms with van der Waals surface area (Å²) in [4.78, 5) is 14.4. The standard InChI is InChI=1S/C15H23N3O/c1-10-9-12(16)7-8-14(10)17-15(19)11(2)18(3)13-5-4-6-13/h7-9,11,13H,4-6,16H2,1-3H3,(H,17,19). The van der Waals surface area contributed by atoms with Crippen LogP contribution in [0, 0.1) is 6.92 Å². The molecule has 4 heteroatoms. The molecule has 0 saturated heterocycles. The fourth-order valence-corrected chi connectivity index (χ4v) is 2.36. The van der Waals surface area contributed by atoms with Crippen molar-refractivity contribution >= 4 is 17.3 Å². The number of aryl methyl sites for hydroxylation is 1. The number of likely N-dealkylation sites (N-methyl/N-ethyl adjacent to an activating group) is 1. The van der Waals surface area contributed by atoms with E-state index in [1.807, 2.05) is 39.1 Å². The monoisotopic (exact) mass is 261 g/mol. The van der Waals surface area contributed by atoms with Crippen LogP contribution in [0.1, 0.15) is 31.7 Å². The Kier molecular flexibility index (Phi) is 4.10. The Bertz CT molecular complexity index is 468. The van der Waals surface area contributed by atoms with Crippen LogP contribution in [0.4, 0.5) is 11.4 Å².